The van der Waals surface area contributed by atoms with Crippen LogP contribution >= 0.6 is 15.8 Å². The van der Waals surface area contributed by atoms with E-state index in [-0.39, 0.29) is 27.5 Å². The van der Waals surface area contributed by atoms with Crippen molar-refractivity contribution in [3.8, 4) is 0 Å². The predicted molar refractivity (Wildman–Crippen MR) is 177 cm³/mol. The van der Waals surface area contributed by atoms with Crippen molar-refractivity contribution in [3.63, 3.8) is 0 Å². The third-order valence-corrected chi connectivity index (χ3v) is 11.0. The summed E-state index contributed by atoms with van der Waals surface area (Å²) in [6, 6.07) is 64.7. The fraction of sp³-hybridized carbons (Fsp3) is 0.0270. The van der Waals surface area contributed by atoms with Gasteiger partial charge in [-0.05, 0) is 47.7 Å². The van der Waals surface area contributed by atoms with Gasteiger partial charge in [-0.2, -0.15) is 0 Å². The van der Waals surface area contributed by atoms with E-state index < -0.39 is 15.8 Å². The molecule has 1 radical (unpaired) electrons. The molecule has 201 valence electrons. The van der Waals surface area contributed by atoms with Crippen molar-refractivity contribution in [2.24, 2.45) is 0 Å². The van der Waals surface area contributed by atoms with Crippen LogP contribution in [0.15, 0.2) is 182 Å². The molecule has 0 unspecified atom stereocenters. The monoisotopic (exact) mass is 733 g/mol. The Balaban J connectivity index is 0.000000210. The van der Waals surface area contributed by atoms with Gasteiger partial charge in [0.15, 0.2) is 0 Å². The van der Waals surface area contributed by atoms with E-state index in [0.29, 0.717) is 0 Å². The van der Waals surface area contributed by atoms with Gasteiger partial charge in [0, 0.05) is 20.1 Å². The molecule has 3 heteroatoms. The molecule has 0 saturated carbocycles. The van der Waals surface area contributed by atoms with Crippen molar-refractivity contribution in [2.75, 3.05) is 0 Å². The maximum atomic E-state index is 2.23. The van der Waals surface area contributed by atoms with Gasteiger partial charge in [-0.1, -0.05) is 189 Å². The molecule has 0 nitrogen and oxygen atoms in total. The van der Waals surface area contributed by atoms with Crippen molar-refractivity contribution in [3.05, 3.63) is 182 Å². The molecule has 0 N–H and O–H groups in total. The Morgan fingerprint density at radius 1 is 0.225 bits per heavy atom. The maximum absolute atomic E-state index is 2.23. The molecular weight excluding hydrogens is 699 g/mol. The van der Waals surface area contributed by atoms with Crippen molar-refractivity contribution in [2.45, 2.75) is 7.43 Å². The molecule has 0 aromatic heterocycles. The molecule has 6 aromatic rings. The summed E-state index contributed by atoms with van der Waals surface area (Å²) in [5, 5.41) is 8.39. The van der Waals surface area contributed by atoms with E-state index in [2.05, 4.69) is 182 Å². The molecule has 0 aliphatic heterocycles. The predicted octanol–water partition coefficient (Wildman–Crippen LogP) is 7.52. The fourth-order valence-electron chi connectivity index (χ4n) is 4.36. The number of hydrogen-bond acceptors (Lipinski definition) is 0. The van der Waals surface area contributed by atoms with Gasteiger partial charge in [0.2, 0.25) is 0 Å². The molecule has 0 amide bonds. The fourth-order valence-corrected chi connectivity index (χ4v) is 8.97. The summed E-state index contributed by atoms with van der Waals surface area (Å²) in [4.78, 5) is 0. The zero-order valence-electron chi connectivity index (χ0n) is 21.5. The Kier molecular flexibility index (Phi) is 13.2. The van der Waals surface area contributed by atoms with Crippen LogP contribution in [0.4, 0.5) is 0 Å². The third-order valence-electron chi connectivity index (χ3n) is 6.09. The first-order valence-electron chi connectivity index (χ1n) is 12.8. The second-order valence-electron chi connectivity index (χ2n) is 8.68. The molecule has 0 atom stereocenters. The van der Waals surface area contributed by atoms with Crippen LogP contribution in [-0.4, -0.2) is 0 Å². The molecule has 6 aromatic carbocycles. The minimum absolute atomic E-state index is 0. The van der Waals surface area contributed by atoms with Crippen LogP contribution in [0.5, 0.6) is 0 Å². The van der Waals surface area contributed by atoms with Crippen LogP contribution in [0.2, 0.25) is 0 Å². The number of benzene rings is 6. The molecule has 0 bridgehead atoms. The summed E-state index contributed by atoms with van der Waals surface area (Å²) >= 11 is 0. The largest absolute Gasteiger partial charge is 0.0776 e. The number of rotatable bonds is 6. The molecule has 0 aliphatic rings. The Bertz CT molecular complexity index is 1170. The average molecular weight is 733 g/mol. The second-order valence-corrected chi connectivity index (χ2v) is 13.1. The zero-order chi connectivity index (χ0) is 25.8. The summed E-state index contributed by atoms with van der Waals surface area (Å²) in [6.45, 7) is 0. The van der Waals surface area contributed by atoms with Crippen molar-refractivity contribution >= 4 is 47.7 Å². The summed E-state index contributed by atoms with van der Waals surface area (Å²) in [5.41, 5.74) is 0. The van der Waals surface area contributed by atoms with Crippen LogP contribution in [0.25, 0.3) is 0 Å². The summed E-state index contributed by atoms with van der Waals surface area (Å²) < 4.78 is 0. The minimum atomic E-state index is -0.446. The Labute approximate surface area is 256 Å². The van der Waals surface area contributed by atoms with E-state index in [1.165, 1.54) is 31.8 Å². The van der Waals surface area contributed by atoms with E-state index in [9.17, 15) is 0 Å². The van der Waals surface area contributed by atoms with Gasteiger partial charge in [-0.15, -0.1) is 0 Å². The Hall–Kier alpha value is -3.17. The van der Waals surface area contributed by atoms with E-state index in [0.717, 1.165) is 0 Å². The smallest absolute Gasteiger partial charge is 0 e. The molecule has 6 rings (SSSR count). The van der Waals surface area contributed by atoms with Crippen LogP contribution in [0.3, 0.4) is 0 Å². The first kappa shape index (κ1) is 31.4. The van der Waals surface area contributed by atoms with Gasteiger partial charge in [0.05, 0.1) is 0 Å². The summed E-state index contributed by atoms with van der Waals surface area (Å²) in [5.74, 6) is 0. The molecule has 0 heterocycles. The van der Waals surface area contributed by atoms with Crippen molar-refractivity contribution in [1.29, 1.82) is 0 Å². The second kappa shape index (κ2) is 16.8. The van der Waals surface area contributed by atoms with E-state index in [1.807, 2.05) is 0 Å². The zero-order valence-corrected chi connectivity index (χ0v) is 25.7. The molecule has 0 saturated heterocycles. The van der Waals surface area contributed by atoms with E-state index in [1.54, 1.807) is 0 Å². The topological polar surface area (TPSA) is 0 Å². The third kappa shape index (κ3) is 8.41. The number of hydrogen-bond donors (Lipinski definition) is 0. The molecular formula is C37H34IrP2. The first-order valence-corrected chi connectivity index (χ1v) is 15.5. The summed E-state index contributed by atoms with van der Waals surface area (Å²) in [7, 11) is -0.892. The van der Waals surface area contributed by atoms with Gasteiger partial charge in [0.1, 0.15) is 0 Å². The standard InChI is InChI=1S/2C18H15P.CH4.Ir/c2*1-4-10-16(11-5-1)19(17-12-6-2-7-13-17)18-14-8-3-9-15-18;;/h2*1-15H;1H4;. The Morgan fingerprint density at radius 2 is 0.350 bits per heavy atom. The minimum Gasteiger partial charge on any atom is -0.0776 e. The SMILES string of the molecule is C.[Ir].c1ccc(P(c2ccccc2)c2ccccc2)cc1.c1ccc(P(c2ccccc2)c2ccccc2)cc1. The van der Waals surface area contributed by atoms with Gasteiger partial charge in [-0.3, -0.25) is 0 Å². The van der Waals surface area contributed by atoms with E-state index >= 15 is 0 Å². The van der Waals surface area contributed by atoms with Crippen molar-refractivity contribution < 1.29 is 20.1 Å². The normalized spacial score (nSPS) is 10.1. The van der Waals surface area contributed by atoms with Crippen LogP contribution < -0.4 is 31.8 Å². The quantitative estimate of drug-likeness (QED) is 0.156. The van der Waals surface area contributed by atoms with Crippen LogP contribution in [0.1, 0.15) is 7.43 Å². The maximum Gasteiger partial charge on any atom is 0 e. The van der Waals surface area contributed by atoms with Gasteiger partial charge in [0.25, 0.3) is 0 Å². The van der Waals surface area contributed by atoms with E-state index in [4.69, 9.17) is 0 Å². The summed E-state index contributed by atoms with van der Waals surface area (Å²) in [6.07, 6.45) is 0. The van der Waals surface area contributed by atoms with Gasteiger partial charge in [-0.25, -0.2) is 0 Å². The van der Waals surface area contributed by atoms with Crippen LogP contribution in [-0.2, 0) is 20.1 Å². The molecule has 0 fully saturated rings. The van der Waals surface area contributed by atoms with Gasteiger partial charge >= 0.3 is 0 Å². The first-order chi connectivity index (χ1) is 18.9. The Morgan fingerprint density at radius 3 is 0.475 bits per heavy atom. The molecule has 40 heavy (non-hydrogen) atoms. The van der Waals surface area contributed by atoms with Crippen molar-refractivity contribution in [1.82, 2.24) is 0 Å². The molecule has 0 spiro atoms. The average Bonchev–Trinajstić information content (AvgIpc) is 3.01. The molecule has 0 aliphatic carbocycles. The van der Waals surface area contributed by atoms with Crippen LogP contribution in [0, 0.1) is 0 Å². The van der Waals surface area contributed by atoms with Gasteiger partial charge < -0.3 is 0 Å².